The minimum absolute atomic E-state index is 0.164. The number of fused-ring (bicyclic) bond motifs is 2. The minimum Gasteiger partial charge on any atom is -0.332 e. The summed E-state index contributed by atoms with van der Waals surface area (Å²) in [5, 5.41) is 0.518. The van der Waals surface area contributed by atoms with Gasteiger partial charge in [0.1, 0.15) is 5.15 Å². The van der Waals surface area contributed by atoms with E-state index in [1.54, 1.807) is 0 Å². The zero-order valence-electron chi connectivity index (χ0n) is 12.2. The molecule has 2 aromatic rings. The van der Waals surface area contributed by atoms with Crippen LogP contribution in [0, 0.1) is 0 Å². The van der Waals surface area contributed by atoms with Crippen molar-refractivity contribution < 1.29 is 4.79 Å². The molecule has 2 aliphatic heterocycles. The summed E-state index contributed by atoms with van der Waals surface area (Å²) in [6.07, 6.45) is 5.09. The van der Waals surface area contributed by atoms with Crippen LogP contribution in [0.4, 0.5) is 0 Å². The third kappa shape index (κ3) is 2.20. The summed E-state index contributed by atoms with van der Waals surface area (Å²) < 4.78 is 0. The number of carbonyl (C=O) groups is 1. The van der Waals surface area contributed by atoms with E-state index in [0.717, 1.165) is 24.8 Å². The van der Waals surface area contributed by atoms with Crippen molar-refractivity contribution >= 4 is 17.5 Å². The predicted octanol–water partition coefficient (Wildman–Crippen LogP) is 3.90. The number of hydrogen-bond donors (Lipinski definition) is 0. The van der Waals surface area contributed by atoms with Gasteiger partial charge in [0.05, 0.1) is 0 Å². The van der Waals surface area contributed by atoms with Gasteiger partial charge in [0.2, 0.25) is 0 Å². The van der Waals surface area contributed by atoms with E-state index in [9.17, 15) is 4.79 Å². The van der Waals surface area contributed by atoms with Gasteiger partial charge in [-0.15, -0.1) is 0 Å². The lowest BCUT2D eigenvalue weighted by atomic mass is 9.85. The Bertz CT molecular complexity index is 686. The Labute approximate surface area is 134 Å². The molecule has 112 valence electrons. The van der Waals surface area contributed by atoms with Gasteiger partial charge in [-0.05, 0) is 43.0 Å². The fraction of sp³-hybridized carbons (Fsp3) is 0.333. The first-order chi connectivity index (χ1) is 10.7. The first-order valence-corrected chi connectivity index (χ1v) is 8.11. The highest BCUT2D eigenvalue weighted by Gasteiger charge is 2.49. The van der Waals surface area contributed by atoms with Gasteiger partial charge in [-0.3, -0.25) is 4.79 Å². The highest BCUT2D eigenvalue weighted by atomic mass is 35.5. The third-order valence-electron chi connectivity index (χ3n) is 4.97. The van der Waals surface area contributed by atoms with Gasteiger partial charge in [-0.25, -0.2) is 4.98 Å². The highest BCUT2D eigenvalue weighted by Crippen LogP contribution is 2.47. The lowest BCUT2D eigenvalue weighted by Crippen LogP contribution is -2.36. The Hall–Kier alpha value is -1.87. The molecule has 2 fully saturated rings. The quantitative estimate of drug-likeness (QED) is 0.788. The van der Waals surface area contributed by atoms with Crippen LogP contribution >= 0.6 is 11.6 Å². The second-order valence-electron chi connectivity index (χ2n) is 6.13. The molecule has 0 unspecified atom stereocenters. The van der Waals surface area contributed by atoms with Crippen LogP contribution in [0.25, 0.3) is 0 Å². The monoisotopic (exact) mass is 312 g/mol. The summed E-state index contributed by atoms with van der Waals surface area (Å²) in [6, 6.07) is 14.1. The van der Waals surface area contributed by atoms with E-state index in [1.165, 1.54) is 5.56 Å². The van der Waals surface area contributed by atoms with Gasteiger partial charge in [0.15, 0.2) is 0 Å². The smallest absolute Gasteiger partial charge is 0.254 e. The summed E-state index contributed by atoms with van der Waals surface area (Å²) in [4.78, 5) is 19.1. The van der Waals surface area contributed by atoms with E-state index < -0.39 is 0 Å². The molecule has 0 saturated carbocycles. The Morgan fingerprint density at radius 2 is 1.95 bits per heavy atom. The van der Waals surface area contributed by atoms with Crippen LogP contribution in [-0.2, 0) is 0 Å². The molecule has 0 radical (unpaired) electrons. The van der Waals surface area contributed by atoms with Crippen LogP contribution in [-0.4, -0.2) is 27.9 Å². The van der Waals surface area contributed by atoms with Crippen molar-refractivity contribution in [3.63, 3.8) is 0 Å². The van der Waals surface area contributed by atoms with Gasteiger partial charge >= 0.3 is 0 Å². The summed E-state index contributed by atoms with van der Waals surface area (Å²) in [6.45, 7) is 0. The topological polar surface area (TPSA) is 33.2 Å². The number of halogens is 1. The van der Waals surface area contributed by atoms with E-state index in [1.807, 2.05) is 48.7 Å². The van der Waals surface area contributed by atoms with Gasteiger partial charge in [-0.1, -0.05) is 35.9 Å². The predicted molar refractivity (Wildman–Crippen MR) is 86.0 cm³/mol. The van der Waals surface area contributed by atoms with Crippen molar-refractivity contribution in [1.82, 2.24) is 9.88 Å². The molecule has 1 aromatic carbocycles. The number of pyridine rings is 1. The second-order valence-corrected chi connectivity index (χ2v) is 6.52. The van der Waals surface area contributed by atoms with Crippen LogP contribution in [0.2, 0.25) is 5.15 Å². The molecule has 0 spiro atoms. The maximum atomic E-state index is 12.8. The molecule has 1 aromatic heterocycles. The molecule has 0 N–H and O–H groups in total. The molecule has 2 bridgehead atoms. The Kier molecular flexibility index (Phi) is 3.38. The molecule has 1 amide bonds. The fourth-order valence-corrected chi connectivity index (χ4v) is 4.11. The lowest BCUT2D eigenvalue weighted by molar-refractivity contribution is 0.0726. The van der Waals surface area contributed by atoms with Crippen LogP contribution < -0.4 is 0 Å². The largest absolute Gasteiger partial charge is 0.332 e. The molecule has 0 aliphatic carbocycles. The number of hydrogen-bond acceptors (Lipinski definition) is 2. The van der Waals surface area contributed by atoms with Gasteiger partial charge in [0.25, 0.3) is 5.91 Å². The number of rotatable bonds is 2. The fourth-order valence-electron chi connectivity index (χ4n) is 4.00. The van der Waals surface area contributed by atoms with Crippen LogP contribution in [0.3, 0.4) is 0 Å². The molecule has 3 heterocycles. The molecule has 4 heteroatoms. The van der Waals surface area contributed by atoms with E-state index in [-0.39, 0.29) is 5.91 Å². The maximum Gasteiger partial charge on any atom is 0.254 e. The Morgan fingerprint density at radius 1 is 1.14 bits per heavy atom. The lowest BCUT2D eigenvalue weighted by Gasteiger charge is -2.24. The average molecular weight is 313 g/mol. The number of amides is 1. The van der Waals surface area contributed by atoms with Gasteiger partial charge < -0.3 is 4.90 Å². The third-order valence-corrected chi connectivity index (χ3v) is 5.19. The van der Waals surface area contributed by atoms with Gasteiger partial charge in [0, 0.05) is 29.8 Å². The van der Waals surface area contributed by atoms with Crippen molar-refractivity contribution in [1.29, 1.82) is 0 Å². The van der Waals surface area contributed by atoms with Crippen molar-refractivity contribution in [2.24, 2.45) is 0 Å². The summed E-state index contributed by atoms with van der Waals surface area (Å²) >= 11 is 5.88. The molecule has 22 heavy (non-hydrogen) atoms. The van der Waals surface area contributed by atoms with Crippen molar-refractivity contribution in [2.75, 3.05) is 0 Å². The summed E-state index contributed by atoms with van der Waals surface area (Å²) in [5.74, 6) is 0.550. The SMILES string of the molecule is O=C(c1ccccc1)N1[C@H]2CC[C@@H]1[C@H](c1ccc(Cl)nc1)C2. The number of nitrogens with zero attached hydrogens (tertiary/aromatic N) is 2. The second kappa shape index (κ2) is 5.40. The molecule has 2 aliphatic rings. The van der Waals surface area contributed by atoms with E-state index in [4.69, 9.17) is 11.6 Å². The van der Waals surface area contributed by atoms with Crippen molar-refractivity contribution in [3.8, 4) is 0 Å². The molecule has 2 saturated heterocycles. The Balaban J connectivity index is 1.61. The van der Waals surface area contributed by atoms with Crippen molar-refractivity contribution in [3.05, 3.63) is 64.9 Å². The highest BCUT2D eigenvalue weighted by molar-refractivity contribution is 6.29. The van der Waals surface area contributed by atoms with E-state index >= 15 is 0 Å². The minimum atomic E-state index is 0.164. The molecule has 3 nitrogen and oxygen atoms in total. The molecular weight excluding hydrogens is 296 g/mol. The Morgan fingerprint density at radius 3 is 2.68 bits per heavy atom. The van der Waals surface area contributed by atoms with Crippen molar-refractivity contribution in [2.45, 2.75) is 37.3 Å². The summed E-state index contributed by atoms with van der Waals surface area (Å²) in [7, 11) is 0. The molecule has 3 atom stereocenters. The number of carbonyl (C=O) groups excluding carboxylic acids is 1. The van der Waals surface area contributed by atoms with E-state index in [2.05, 4.69) is 9.88 Å². The first kappa shape index (κ1) is 13.8. The zero-order valence-corrected chi connectivity index (χ0v) is 12.9. The van der Waals surface area contributed by atoms with Gasteiger partial charge in [-0.2, -0.15) is 0 Å². The van der Waals surface area contributed by atoms with Crippen LogP contribution in [0.5, 0.6) is 0 Å². The standard InChI is InChI=1S/C18H17ClN2O/c19-17-9-6-13(11-20-17)15-10-14-7-8-16(15)21(14)18(22)12-4-2-1-3-5-12/h1-6,9,11,14-16H,7-8,10H2/t14-,15-,16+/m0/s1. The maximum absolute atomic E-state index is 12.8. The molecular formula is C18H17ClN2O. The number of benzene rings is 1. The zero-order chi connectivity index (χ0) is 15.1. The normalized spacial score (nSPS) is 26.4. The average Bonchev–Trinajstić information content (AvgIpc) is 3.13. The number of aromatic nitrogens is 1. The summed E-state index contributed by atoms with van der Waals surface area (Å²) in [5.41, 5.74) is 1.98. The first-order valence-electron chi connectivity index (χ1n) is 7.73. The van der Waals surface area contributed by atoms with Crippen LogP contribution in [0.15, 0.2) is 48.7 Å². The van der Waals surface area contributed by atoms with E-state index in [0.29, 0.717) is 23.2 Å². The molecule has 4 rings (SSSR count). The van der Waals surface area contributed by atoms with Crippen LogP contribution in [0.1, 0.15) is 41.1 Å².